The van der Waals surface area contributed by atoms with Gasteiger partial charge in [-0.1, -0.05) is 0 Å². The molecule has 1 aromatic carbocycles. The van der Waals surface area contributed by atoms with Gasteiger partial charge in [-0.25, -0.2) is 17.6 Å². The summed E-state index contributed by atoms with van der Waals surface area (Å²) in [5.41, 5.74) is -0.983. The molecule has 0 radical (unpaired) electrons. The first-order valence-corrected chi connectivity index (χ1v) is 5.59. The molecular formula is C12H11F4NO3. The number of halogens is 4. The van der Waals surface area contributed by atoms with Crippen molar-refractivity contribution in [3.63, 3.8) is 0 Å². The molecule has 4 nitrogen and oxygen atoms in total. The lowest BCUT2D eigenvalue weighted by molar-refractivity contribution is -0.137. The predicted molar refractivity (Wildman–Crippen MR) is 60.1 cm³/mol. The predicted octanol–water partition coefficient (Wildman–Crippen LogP) is 2.23. The molecule has 1 atom stereocenters. The maximum Gasteiger partial charge on any atom is 0.303 e. The average Bonchev–Trinajstić information content (AvgIpc) is 2.38. The van der Waals surface area contributed by atoms with Gasteiger partial charge in [0.05, 0.1) is 5.56 Å². The number of carbonyl (C=O) groups excluding carboxylic acids is 1. The van der Waals surface area contributed by atoms with Gasteiger partial charge in [-0.05, 0) is 19.4 Å². The number of hydrogen-bond donors (Lipinski definition) is 2. The minimum absolute atomic E-state index is 0.0504. The van der Waals surface area contributed by atoms with E-state index in [1.165, 1.54) is 6.92 Å². The second-order valence-electron chi connectivity index (χ2n) is 4.15. The Labute approximate surface area is 111 Å². The Kier molecular flexibility index (Phi) is 5.06. The van der Waals surface area contributed by atoms with Crippen LogP contribution >= 0.6 is 0 Å². The van der Waals surface area contributed by atoms with E-state index in [4.69, 9.17) is 5.11 Å². The monoisotopic (exact) mass is 293 g/mol. The SMILES string of the molecule is CC(CCC(=O)O)NC(=O)c1cc(F)c(F)c(F)c1F. The number of carbonyl (C=O) groups is 2. The first kappa shape index (κ1) is 15.9. The first-order chi connectivity index (χ1) is 9.23. The number of hydrogen-bond acceptors (Lipinski definition) is 2. The van der Waals surface area contributed by atoms with Crippen LogP contribution in [0.15, 0.2) is 6.07 Å². The maximum absolute atomic E-state index is 13.3. The number of carboxylic acids is 1. The minimum atomic E-state index is -2.08. The van der Waals surface area contributed by atoms with Crippen molar-refractivity contribution >= 4 is 11.9 Å². The number of nitrogens with one attached hydrogen (secondary N) is 1. The highest BCUT2D eigenvalue weighted by Gasteiger charge is 2.23. The number of aliphatic carboxylic acids is 1. The third kappa shape index (κ3) is 3.69. The van der Waals surface area contributed by atoms with Crippen LogP contribution < -0.4 is 5.32 Å². The van der Waals surface area contributed by atoms with Crippen molar-refractivity contribution in [2.24, 2.45) is 0 Å². The van der Waals surface area contributed by atoms with Crippen molar-refractivity contribution in [2.75, 3.05) is 0 Å². The topological polar surface area (TPSA) is 66.4 Å². The summed E-state index contributed by atoms with van der Waals surface area (Å²) < 4.78 is 51.9. The molecule has 1 unspecified atom stereocenters. The quantitative estimate of drug-likeness (QED) is 0.497. The number of rotatable bonds is 5. The smallest absolute Gasteiger partial charge is 0.303 e. The van der Waals surface area contributed by atoms with Gasteiger partial charge in [0, 0.05) is 12.5 Å². The number of carboxylic acid groups (broad SMARTS) is 1. The third-order valence-corrected chi connectivity index (χ3v) is 2.52. The third-order valence-electron chi connectivity index (χ3n) is 2.52. The van der Waals surface area contributed by atoms with Gasteiger partial charge in [0.1, 0.15) is 0 Å². The summed E-state index contributed by atoms with van der Waals surface area (Å²) in [5.74, 6) is -9.81. The minimum Gasteiger partial charge on any atom is -0.481 e. The first-order valence-electron chi connectivity index (χ1n) is 5.59. The molecule has 1 amide bonds. The highest BCUT2D eigenvalue weighted by Crippen LogP contribution is 2.18. The van der Waals surface area contributed by atoms with Gasteiger partial charge in [-0.3, -0.25) is 9.59 Å². The van der Waals surface area contributed by atoms with Crippen molar-refractivity contribution in [1.82, 2.24) is 5.32 Å². The van der Waals surface area contributed by atoms with Gasteiger partial charge in [0.15, 0.2) is 23.3 Å². The lowest BCUT2D eigenvalue weighted by Crippen LogP contribution is -2.33. The fourth-order valence-corrected chi connectivity index (χ4v) is 1.45. The van der Waals surface area contributed by atoms with Gasteiger partial charge in [0.2, 0.25) is 0 Å². The second kappa shape index (κ2) is 6.36. The molecule has 0 bridgehead atoms. The molecule has 0 saturated heterocycles. The van der Waals surface area contributed by atoms with Gasteiger partial charge in [0.25, 0.3) is 5.91 Å². The number of benzene rings is 1. The van der Waals surface area contributed by atoms with Crippen molar-refractivity contribution in [3.05, 3.63) is 34.9 Å². The fourth-order valence-electron chi connectivity index (χ4n) is 1.45. The summed E-state index contributed by atoms with van der Waals surface area (Å²) >= 11 is 0. The Morgan fingerprint density at radius 2 is 1.80 bits per heavy atom. The molecule has 0 spiro atoms. The maximum atomic E-state index is 13.3. The summed E-state index contributed by atoms with van der Waals surface area (Å²) in [4.78, 5) is 21.9. The molecule has 0 heterocycles. The van der Waals surface area contributed by atoms with E-state index in [1.54, 1.807) is 0 Å². The van der Waals surface area contributed by atoms with Gasteiger partial charge in [-0.2, -0.15) is 0 Å². The van der Waals surface area contributed by atoms with Crippen molar-refractivity contribution < 1.29 is 32.3 Å². The highest BCUT2D eigenvalue weighted by atomic mass is 19.2. The molecular weight excluding hydrogens is 282 g/mol. The molecule has 1 rings (SSSR count). The zero-order chi connectivity index (χ0) is 15.4. The van der Waals surface area contributed by atoms with Crippen LogP contribution in [0.1, 0.15) is 30.1 Å². The van der Waals surface area contributed by atoms with Crippen LogP contribution in [-0.4, -0.2) is 23.0 Å². The van der Waals surface area contributed by atoms with Crippen LogP contribution in [0.25, 0.3) is 0 Å². The van der Waals surface area contributed by atoms with E-state index in [2.05, 4.69) is 5.32 Å². The molecule has 110 valence electrons. The molecule has 0 aliphatic rings. The van der Waals surface area contributed by atoms with Gasteiger partial charge in [-0.15, -0.1) is 0 Å². The molecule has 0 saturated carbocycles. The molecule has 0 aromatic heterocycles. The van der Waals surface area contributed by atoms with E-state index in [-0.39, 0.29) is 18.9 Å². The van der Waals surface area contributed by atoms with Crippen molar-refractivity contribution in [2.45, 2.75) is 25.8 Å². The lowest BCUT2D eigenvalue weighted by atomic mass is 10.1. The zero-order valence-electron chi connectivity index (χ0n) is 10.3. The van der Waals surface area contributed by atoms with Crippen LogP contribution in [0, 0.1) is 23.3 Å². The summed E-state index contributed by atoms with van der Waals surface area (Å²) in [7, 11) is 0. The Bertz CT molecular complexity index is 548. The molecule has 0 aliphatic heterocycles. The normalized spacial score (nSPS) is 12.1. The summed E-state index contributed by atoms with van der Waals surface area (Å²) in [6.07, 6.45) is -0.190. The van der Waals surface area contributed by atoms with E-state index in [1.807, 2.05) is 0 Å². The Morgan fingerprint density at radius 3 is 2.35 bits per heavy atom. The Balaban J connectivity index is 2.85. The van der Waals surface area contributed by atoms with E-state index in [0.717, 1.165) is 0 Å². The van der Waals surface area contributed by atoms with E-state index < -0.39 is 46.8 Å². The van der Waals surface area contributed by atoms with Crippen LogP contribution in [0.4, 0.5) is 17.6 Å². The molecule has 8 heteroatoms. The van der Waals surface area contributed by atoms with Crippen molar-refractivity contribution in [3.8, 4) is 0 Å². The molecule has 0 fully saturated rings. The fraction of sp³-hybridized carbons (Fsp3) is 0.333. The Morgan fingerprint density at radius 1 is 1.20 bits per heavy atom. The molecule has 1 aromatic rings. The second-order valence-corrected chi connectivity index (χ2v) is 4.15. The van der Waals surface area contributed by atoms with Crippen molar-refractivity contribution in [1.29, 1.82) is 0 Å². The molecule has 2 N–H and O–H groups in total. The number of amides is 1. The average molecular weight is 293 g/mol. The summed E-state index contributed by atoms with van der Waals surface area (Å²) in [6.45, 7) is 1.44. The summed E-state index contributed by atoms with van der Waals surface area (Å²) in [5, 5.41) is 10.6. The van der Waals surface area contributed by atoms with Gasteiger partial charge < -0.3 is 10.4 Å². The van der Waals surface area contributed by atoms with Crippen LogP contribution in [0.3, 0.4) is 0 Å². The zero-order valence-corrected chi connectivity index (χ0v) is 10.3. The molecule has 0 aliphatic carbocycles. The van der Waals surface area contributed by atoms with E-state index in [9.17, 15) is 27.2 Å². The standard InChI is InChI=1S/C12H11F4NO3/c1-5(2-3-8(18)19)17-12(20)6-4-7(13)10(15)11(16)9(6)14/h4-5H,2-3H2,1H3,(H,17,20)(H,18,19). The van der Waals surface area contributed by atoms with E-state index in [0.29, 0.717) is 0 Å². The largest absolute Gasteiger partial charge is 0.481 e. The van der Waals surface area contributed by atoms with Crippen LogP contribution in [0.2, 0.25) is 0 Å². The van der Waals surface area contributed by atoms with Gasteiger partial charge >= 0.3 is 5.97 Å². The Hall–Kier alpha value is -2.12. The highest BCUT2D eigenvalue weighted by molar-refractivity contribution is 5.94. The van der Waals surface area contributed by atoms with Crippen LogP contribution in [0.5, 0.6) is 0 Å². The van der Waals surface area contributed by atoms with E-state index >= 15 is 0 Å². The lowest BCUT2D eigenvalue weighted by Gasteiger charge is -2.13. The summed E-state index contributed by atoms with van der Waals surface area (Å²) in [6, 6.07) is -0.415. The van der Waals surface area contributed by atoms with Crippen LogP contribution in [-0.2, 0) is 4.79 Å². The molecule has 20 heavy (non-hydrogen) atoms.